The molecule has 5 rings (SSSR count). The van der Waals surface area contributed by atoms with Crippen molar-refractivity contribution in [3.05, 3.63) is 94.3 Å². The smallest absolute Gasteiger partial charge is 0.194 e. The van der Waals surface area contributed by atoms with Gasteiger partial charge in [0.2, 0.25) is 0 Å². The molecule has 9 heteroatoms. The van der Waals surface area contributed by atoms with Crippen LogP contribution in [0.25, 0.3) is 17.8 Å². The van der Waals surface area contributed by atoms with Crippen molar-refractivity contribution in [3.8, 4) is 11.8 Å². The number of aromatic nitrogens is 5. The summed E-state index contributed by atoms with van der Waals surface area (Å²) in [5, 5.41) is 14.5. The molecule has 0 aliphatic carbocycles. The molecule has 0 saturated heterocycles. The maximum atomic E-state index is 14.0. The van der Waals surface area contributed by atoms with Crippen LogP contribution < -0.4 is 0 Å². The zero-order valence-electron chi connectivity index (χ0n) is 19.1. The molecule has 176 valence electrons. The number of nitrogens with zero attached hydrogens (tertiary/aromatic N) is 6. The lowest BCUT2D eigenvalue weighted by atomic mass is 9.75. The zero-order chi connectivity index (χ0) is 24.7. The van der Waals surface area contributed by atoms with Gasteiger partial charge in [-0.25, -0.2) is 27.8 Å². The van der Waals surface area contributed by atoms with Gasteiger partial charge in [0.25, 0.3) is 0 Å². The third kappa shape index (κ3) is 3.91. The molecule has 0 amide bonds. The number of imidazole rings is 1. The van der Waals surface area contributed by atoms with E-state index in [1.54, 1.807) is 17.1 Å². The number of benzene rings is 2. The molecule has 35 heavy (non-hydrogen) atoms. The van der Waals surface area contributed by atoms with Gasteiger partial charge in [0.05, 0.1) is 18.1 Å². The standard InChI is InChI=1S/C26H21F3N6/c1-16-10-18(4-6-22(16)34-13-17(2)31-15-34)5-7-23-32-25-26(14-30,8-3-9-35(25)33-23)19-11-20(27)24(29)21(28)12-19/h4-7,10-13,15H,3,8-9H2,1-2H3/b7-5+/t26-/m0/s1. The molecule has 0 N–H and O–H groups in total. The second-order valence-corrected chi connectivity index (χ2v) is 8.69. The topological polar surface area (TPSA) is 72.3 Å². The summed E-state index contributed by atoms with van der Waals surface area (Å²) >= 11 is 0. The van der Waals surface area contributed by atoms with Crippen LogP contribution in [0.4, 0.5) is 13.2 Å². The molecule has 4 aromatic rings. The molecule has 1 atom stereocenters. The van der Waals surface area contributed by atoms with E-state index < -0.39 is 22.9 Å². The van der Waals surface area contributed by atoms with E-state index in [0.717, 1.165) is 34.6 Å². The fourth-order valence-electron chi connectivity index (χ4n) is 4.55. The lowest BCUT2D eigenvalue weighted by Crippen LogP contribution is -2.35. The molecule has 0 saturated carbocycles. The number of nitriles is 1. The summed E-state index contributed by atoms with van der Waals surface area (Å²) in [5.41, 5.74) is 2.56. The number of aryl methyl sites for hydroxylation is 3. The van der Waals surface area contributed by atoms with E-state index in [0.29, 0.717) is 31.0 Å². The Morgan fingerprint density at radius 3 is 2.51 bits per heavy atom. The van der Waals surface area contributed by atoms with Crippen LogP contribution in [-0.2, 0) is 12.0 Å². The number of hydrogen-bond acceptors (Lipinski definition) is 4. The highest BCUT2D eigenvalue weighted by Gasteiger charge is 2.43. The molecule has 2 aromatic heterocycles. The van der Waals surface area contributed by atoms with Crippen LogP contribution in [0.5, 0.6) is 0 Å². The number of halogens is 3. The van der Waals surface area contributed by atoms with Crippen molar-refractivity contribution in [2.45, 2.75) is 38.6 Å². The third-order valence-electron chi connectivity index (χ3n) is 6.29. The molecule has 0 unspecified atom stereocenters. The summed E-state index contributed by atoms with van der Waals surface area (Å²) in [5.74, 6) is -3.57. The van der Waals surface area contributed by atoms with Gasteiger partial charge in [0.15, 0.2) is 29.1 Å². The maximum Gasteiger partial charge on any atom is 0.194 e. The first kappa shape index (κ1) is 22.6. The Balaban J connectivity index is 1.48. The fourth-order valence-corrected chi connectivity index (χ4v) is 4.55. The quantitative estimate of drug-likeness (QED) is 0.378. The van der Waals surface area contributed by atoms with E-state index in [9.17, 15) is 18.4 Å². The fraction of sp³-hybridized carbons (Fsp3) is 0.231. The highest BCUT2D eigenvalue weighted by atomic mass is 19.2. The molecule has 0 spiro atoms. The van der Waals surface area contributed by atoms with Gasteiger partial charge < -0.3 is 4.57 Å². The van der Waals surface area contributed by atoms with E-state index in [1.807, 2.05) is 48.9 Å². The van der Waals surface area contributed by atoms with Crippen molar-refractivity contribution in [1.82, 2.24) is 24.3 Å². The molecule has 0 radical (unpaired) electrons. The van der Waals surface area contributed by atoms with Gasteiger partial charge in [0.1, 0.15) is 5.41 Å². The minimum atomic E-state index is -1.56. The third-order valence-corrected chi connectivity index (χ3v) is 6.29. The van der Waals surface area contributed by atoms with E-state index >= 15 is 0 Å². The highest BCUT2D eigenvalue weighted by Crippen LogP contribution is 2.39. The van der Waals surface area contributed by atoms with Crippen LogP contribution in [0.15, 0.2) is 42.9 Å². The predicted octanol–water partition coefficient (Wildman–Crippen LogP) is 5.27. The Hall–Kier alpha value is -4.19. The first-order chi connectivity index (χ1) is 16.8. The number of rotatable bonds is 4. The second-order valence-electron chi connectivity index (χ2n) is 8.69. The molecule has 6 nitrogen and oxygen atoms in total. The van der Waals surface area contributed by atoms with Gasteiger partial charge in [-0.3, -0.25) is 0 Å². The van der Waals surface area contributed by atoms with E-state index in [4.69, 9.17) is 0 Å². The normalized spacial score (nSPS) is 17.5. The molecule has 1 aliphatic heterocycles. The summed E-state index contributed by atoms with van der Waals surface area (Å²) in [7, 11) is 0. The molecular weight excluding hydrogens is 453 g/mol. The van der Waals surface area contributed by atoms with Gasteiger partial charge in [0, 0.05) is 18.4 Å². The molecule has 0 fully saturated rings. The Kier molecular flexibility index (Phi) is 5.52. The van der Waals surface area contributed by atoms with Crippen molar-refractivity contribution in [3.63, 3.8) is 0 Å². The summed E-state index contributed by atoms with van der Waals surface area (Å²) in [4.78, 5) is 8.80. The van der Waals surface area contributed by atoms with E-state index in [2.05, 4.69) is 21.1 Å². The van der Waals surface area contributed by atoms with Crippen LogP contribution in [-0.4, -0.2) is 24.3 Å². The molecule has 0 bridgehead atoms. The van der Waals surface area contributed by atoms with Gasteiger partial charge in [-0.05, 0) is 73.7 Å². The number of hydrogen-bond donors (Lipinski definition) is 0. The zero-order valence-corrected chi connectivity index (χ0v) is 19.1. The minimum Gasteiger partial charge on any atom is -0.306 e. The lowest BCUT2D eigenvalue weighted by Gasteiger charge is -2.30. The summed E-state index contributed by atoms with van der Waals surface area (Å²) in [6.07, 6.45) is 8.18. The van der Waals surface area contributed by atoms with Crippen molar-refractivity contribution >= 4 is 12.2 Å². The molecule has 3 heterocycles. The van der Waals surface area contributed by atoms with Gasteiger partial charge >= 0.3 is 0 Å². The summed E-state index contributed by atoms with van der Waals surface area (Å²) in [6.45, 7) is 4.46. The van der Waals surface area contributed by atoms with Crippen LogP contribution in [0, 0.1) is 42.6 Å². The summed E-state index contributed by atoms with van der Waals surface area (Å²) < 4.78 is 45.0. The Labute approximate surface area is 200 Å². The lowest BCUT2D eigenvalue weighted by molar-refractivity contribution is 0.385. The largest absolute Gasteiger partial charge is 0.306 e. The Morgan fingerprint density at radius 2 is 1.86 bits per heavy atom. The van der Waals surface area contributed by atoms with Crippen molar-refractivity contribution < 1.29 is 13.2 Å². The average molecular weight is 474 g/mol. The van der Waals surface area contributed by atoms with E-state index in [1.165, 1.54) is 0 Å². The average Bonchev–Trinajstić information content (AvgIpc) is 3.46. The minimum absolute atomic E-state index is 0.0289. The SMILES string of the molecule is Cc1cn(-c2ccc(/C=C/c3nc4n(n3)CCC[C@]4(C#N)c3cc(F)c(F)c(F)c3)cc2C)cn1. The van der Waals surface area contributed by atoms with Crippen molar-refractivity contribution in [2.24, 2.45) is 0 Å². The molecule has 2 aromatic carbocycles. The van der Waals surface area contributed by atoms with Crippen LogP contribution >= 0.6 is 0 Å². The monoisotopic (exact) mass is 474 g/mol. The number of fused-ring (bicyclic) bond motifs is 1. The first-order valence-electron chi connectivity index (χ1n) is 11.1. The van der Waals surface area contributed by atoms with Gasteiger partial charge in [-0.2, -0.15) is 10.4 Å². The van der Waals surface area contributed by atoms with Gasteiger partial charge in [-0.1, -0.05) is 12.1 Å². The van der Waals surface area contributed by atoms with E-state index in [-0.39, 0.29) is 5.56 Å². The van der Waals surface area contributed by atoms with Crippen molar-refractivity contribution in [2.75, 3.05) is 0 Å². The van der Waals surface area contributed by atoms with Crippen LogP contribution in [0.3, 0.4) is 0 Å². The van der Waals surface area contributed by atoms with Crippen LogP contribution in [0.2, 0.25) is 0 Å². The maximum absolute atomic E-state index is 14.0. The van der Waals surface area contributed by atoms with Crippen molar-refractivity contribution in [1.29, 1.82) is 5.26 Å². The van der Waals surface area contributed by atoms with Gasteiger partial charge in [-0.15, -0.1) is 0 Å². The predicted molar refractivity (Wildman–Crippen MR) is 124 cm³/mol. The highest BCUT2D eigenvalue weighted by molar-refractivity contribution is 5.68. The molecular formula is C26H21F3N6. The Morgan fingerprint density at radius 1 is 1.09 bits per heavy atom. The van der Waals surface area contributed by atoms with Crippen LogP contribution in [0.1, 0.15) is 46.9 Å². The second kappa shape index (κ2) is 8.55. The Bertz CT molecular complexity index is 1490. The summed E-state index contributed by atoms with van der Waals surface area (Å²) in [6, 6.07) is 9.90. The molecule has 1 aliphatic rings. The first-order valence-corrected chi connectivity index (χ1v) is 11.1.